The molecule has 1 amide bonds. The third-order valence-electron chi connectivity index (χ3n) is 10.5. The molecule has 1 aromatic rings. The van der Waals surface area contributed by atoms with E-state index in [1.54, 1.807) is 7.11 Å². The highest BCUT2D eigenvalue weighted by molar-refractivity contribution is 5.92. The molecule has 0 saturated heterocycles. The first-order valence-electron chi connectivity index (χ1n) is 13.4. The van der Waals surface area contributed by atoms with Crippen LogP contribution in [0.4, 0.5) is 4.39 Å². The van der Waals surface area contributed by atoms with E-state index in [2.05, 4.69) is 24.1 Å². The zero-order valence-corrected chi connectivity index (χ0v) is 20.9. The highest BCUT2D eigenvalue weighted by atomic mass is 19.1. The number of methoxy groups -OCH3 is 1. The fourth-order valence-corrected chi connectivity index (χ4v) is 9.12. The normalized spacial score (nSPS) is 42.3. The van der Waals surface area contributed by atoms with Crippen LogP contribution >= 0.6 is 0 Å². The van der Waals surface area contributed by atoms with Crippen molar-refractivity contribution < 1.29 is 19.0 Å². The van der Waals surface area contributed by atoms with E-state index in [1.807, 2.05) is 0 Å². The average molecular weight is 473 g/mol. The molecule has 1 aromatic heterocycles. The van der Waals surface area contributed by atoms with Crippen LogP contribution in [0.1, 0.15) is 82.1 Å². The quantitative estimate of drug-likeness (QED) is 0.634. The maximum absolute atomic E-state index is 13.2. The van der Waals surface area contributed by atoms with E-state index >= 15 is 0 Å². The Morgan fingerprint density at radius 1 is 1.18 bits per heavy atom. The Bertz CT molecular complexity index is 894. The van der Waals surface area contributed by atoms with E-state index in [0.717, 1.165) is 55.6 Å². The van der Waals surface area contributed by atoms with Crippen molar-refractivity contribution in [3.05, 3.63) is 29.8 Å². The number of halogens is 1. The van der Waals surface area contributed by atoms with E-state index in [0.29, 0.717) is 18.4 Å². The van der Waals surface area contributed by atoms with Gasteiger partial charge < -0.3 is 15.2 Å². The molecule has 1 heterocycles. The molecule has 6 heteroatoms. The Balaban J connectivity index is 1.25. The second-order valence-electron chi connectivity index (χ2n) is 12.2. The van der Waals surface area contributed by atoms with Crippen molar-refractivity contribution >= 4 is 5.91 Å². The van der Waals surface area contributed by atoms with Crippen LogP contribution in [0.25, 0.3) is 0 Å². The summed E-state index contributed by atoms with van der Waals surface area (Å²) in [4.78, 5) is 16.7. The molecular weight excluding hydrogens is 431 g/mol. The molecule has 0 unspecified atom stereocenters. The van der Waals surface area contributed by atoms with Gasteiger partial charge in [-0.05, 0) is 118 Å². The summed E-state index contributed by atoms with van der Waals surface area (Å²) in [5.74, 6) is 3.50. The number of aromatic nitrogens is 1. The van der Waals surface area contributed by atoms with Crippen LogP contribution in [0.2, 0.25) is 0 Å². The fourth-order valence-electron chi connectivity index (χ4n) is 9.12. The number of rotatable bonds is 5. The molecule has 4 saturated carbocycles. The fraction of sp³-hybridized carbons (Fsp3) is 0.786. The number of fused-ring (bicyclic) bond motifs is 5. The lowest BCUT2D eigenvalue weighted by Crippen LogP contribution is -2.53. The van der Waals surface area contributed by atoms with Crippen molar-refractivity contribution in [2.45, 2.75) is 83.3 Å². The van der Waals surface area contributed by atoms with E-state index in [1.165, 1.54) is 44.2 Å². The number of carbonyl (C=O) groups excluding carboxylic acids is 1. The number of ether oxygens (including phenoxy) is 1. The Hall–Kier alpha value is -1.53. The summed E-state index contributed by atoms with van der Waals surface area (Å²) in [6.07, 6.45) is 11.4. The van der Waals surface area contributed by atoms with Gasteiger partial charge in [0.05, 0.1) is 18.4 Å². The van der Waals surface area contributed by atoms with Crippen molar-refractivity contribution in [2.75, 3.05) is 13.7 Å². The Kier molecular flexibility index (Phi) is 6.52. The van der Waals surface area contributed by atoms with E-state index in [-0.39, 0.29) is 23.1 Å². The zero-order chi connectivity index (χ0) is 24.1. The largest absolute Gasteiger partial charge is 0.387 e. The summed E-state index contributed by atoms with van der Waals surface area (Å²) in [6, 6.07) is 2.82. The van der Waals surface area contributed by atoms with Crippen molar-refractivity contribution in [1.82, 2.24) is 10.3 Å². The number of hydrogen-bond donors (Lipinski definition) is 2. The number of hydrogen-bond acceptors (Lipinski definition) is 4. The van der Waals surface area contributed by atoms with E-state index in [4.69, 9.17) is 4.74 Å². The van der Waals surface area contributed by atoms with Gasteiger partial charge in [0.15, 0.2) is 0 Å². The van der Waals surface area contributed by atoms with Gasteiger partial charge in [-0.3, -0.25) is 4.79 Å². The van der Waals surface area contributed by atoms with Crippen molar-refractivity contribution in [3.8, 4) is 0 Å². The van der Waals surface area contributed by atoms with Crippen LogP contribution in [0, 0.1) is 46.7 Å². The van der Waals surface area contributed by atoms with Gasteiger partial charge in [0.1, 0.15) is 11.5 Å². The average Bonchev–Trinajstić information content (AvgIpc) is 3.16. The molecule has 2 N–H and O–H groups in total. The molecule has 34 heavy (non-hydrogen) atoms. The third-order valence-corrected chi connectivity index (χ3v) is 10.5. The zero-order valence-electron chi connectivity index (χ0n) is 20.9. The van der Waals surface area contributed by atoms with E-state index < -0.39 is 11.4 Å². The molecule has 4 aliphatic carbocycles. The molecule has 0 spiro atoms. The number of aliphatic hydroxyl groups is 1. The van der Waals surface area contributed by atoms with Crippen LogP contribution in [0.15, 0.2) is 18.3 Å². The predicted molar refractivity (Wildman–Crippen MR) is 129 cm³/mol. The molecule has 0 aromatic carbocycles. The smallest absolute Gasteiger partial charge is 0.270 e. The Labute approximate surface area is 203 Å². The van der Waals surface area contributed by atoms with Crippen LogP contribution in [0.5, 0.6) is 0 Å². The van der Waals surface area contributed by atoms with E-state index in [9.17, 15) is 14.3 Å². The second-order valence-corrected chi connectivity index (χ2v) is 12.2. The highest BCUT2D eigenvalue weighted by Gasteiger charge is 2.58. The van der Waals surface area contributed by atoms with Gasteiger partial charge in [-0.15, -0.1) is 0 Å². The predicted octanol–water partition coefficient (Wildman–Crippen LogP) is 4.99. The summed E-state index contributed by atoms with van der Waals surface area (Å²) in [5, 5.41) is 14.2. The van der Waals surface area contributed by atoms with Crippen LogP contribution in [-0.2, 0) is 4.74 Å². The minimum absolute atomic E-state index is 0.0703. The molecule has 4 aliphatic rings. The van der Waals surface area contributed by atoms with Crippen LogP contribution in [0.3, 0.4) is 0 Å². The first-order chi connectivity index (χ1) is 16.2. The summed E-state index contributed by atoms with van der Waals surface area (Å²) >= 11 is 0. The van der Waals surface area contributed by atoms with Crippen molar-refractivity contribution in [2.24, 2.45) is 40.9 Å². The lowest BCUT2D eigenvalue weighted by atomic mass is 9.48. The first-order valence-corrected chi connectivity index (χ1v) is 13.4. The molecule has 5 rings (SSSR count). The molecule has 9 atom stereocenters. The van der Waals surface area contributed by atoms with Gasteiger partial charge in [0.2, 0.25) is 0 Å². The molecule has 0 aliphatic heterocycles. The molecular formula is C28H41FN2O3. The Morgan fingerprint density at radius 2 is 1.97 bits per heavy atom. The SMILES string of the molecule is COC[C@@]1(O)CC[C@H]2[C@H](CC[C@@H]3[C@@H]2CC[C@]2(C)[C@@H]([C@@H](C)NC(=O)c4ccc(F)cn4)CC[C@@H]32)C1. The summed E-state index contributed by atoms with van der Waals surface area (Å²) < 4.78 is 18.5. The van der Waals surface area contributed by atoms with Gasteiger partial charge in [-0.1, -0.05) is 6.92 Å². The van der Waals surface area contributed by atoms with Gasteiger partial charge >= 0.3 is 0 Å². The Morgan fingerprint density at radius 3 is 2.71 bits per heavy atom. The molecule has 0 bridgehead atoms. The van der Waals surface area contributed by atoms with Crippen LogP contribution in [-0.4, -0.2) is 41.4 Å². The number of carbonyl (C=O) groups is 1. The number of nitrogens with one attached hydrogen (secondary N) is 1. The highest BCUT2D eigenvalue weighted by Crippen LogP contribution is 2.65. The molecule has 188 valence electrons. The standard InChI is InChI=1S/C28H41FN2O3/c1-17(31-26(32)25-9-5-19(29)15-30-25)23-7-8-24-22-6-4-18-14-28(33,16-34-3)13-11-20(18)21(22)10-12-27(23,24)2/h5,9,15,17-18,20-24,33H,4,6-8,10-14,16H2,1-3H3,(H,31,32)/t17-,18-,20+,21-,22-,23-,24+,27-,28-/m1/s1. The second kappa shape index (κ2) is 9.16. The lowest BCUT2D eigenvalue weighted by molar-refractivity contribution is -0.125. The van der Waals surface area contributed by atoms with Gasteiger partial charge in [-0.25, -0.2) is 9.37 Å². The monoisotopic (exact) mass is 472 g/mol. The summed E-state index contributed by atoms with van der Waals surface area (Å²) in [7, 11) is 1.69. The molecule has 0 radical (unpaired) electrons. The molecule has 4 fully saturated rings. The van der Waals surface area contributed by atoms with Crippen molar-refractivity contribution in [3.63, 3.8) is 0 Å². The third kappa shape index (κ3) is 4.19. The van der Waals surface area contributed by atoms with Gasteiger partial charge in [-0.2, -0.15) is 0 Å². The molecule has 5 nitrogen and oxygen atoms in total. The lowest BCUT2D eigenvalue weighted by Gasteiger charge is -2.57. The topological polar surface area (TPSA) is 71.5 Å². The van der Waals surface area contributed by atoms with Crippen molar-refractivity contribution in [1.29, 1.82) is 0 Å². The minimum atomic E-state index is -0.628. The van der Waals surface area contributed by atoms with Gasteiger partial charge in [0, 0.05) is 13.2 Å². The maximum atomic E-state index is 13.2. The number of amides is 1. The minimum Gasteiger partial charge on any atom is -0.387 e. The number of nitrogens with zero attached hydrogens (tertiary/aromatic N) is 1. The summed E-state index contributed by atoms with van der Waals surface area (Å²) in [6.45, 7) is 5.08. The van der Waals surface area contributed by atoms with Crippen LogP contribution < -0.4 is 5.32 Å². The maximum Gasteiger partial charge on any atom is 0.270 e. The summed E-state index contributed by atoms with van der Waals surface area (Å²) in [5.41, 5.74) is -0.0968. The first kappa shape index (κ1) is 24.2. The van der Waals surface area contributed by atoms with Gasteiger partial charge in [0.25, 0.3) is 5.91 Å². The number of pyridine rings is 1.